The van der Waals surface area contributed by atoms with Crippen LogP contribution in [0.5, 0.6) is 0 Å². The number of fused-ring (bicyclic) bond motifs is 2. The van der Waals surface area contributed by atoms with Crippen molar-refractivity contribution in [1.82, 2.24) is 4.72 Å². The molecule has 10 heteroatoms. The second-order valence-electron chi connectivity index (χ2n) is 13.1. The van der Waals surface area contributed by atoms with Gasteiger partial charge in [0.1, 0.15) is 0 Å². The fraction of sp³-hybridized carbons (Fsp3) is 0.552. The van der Waals surface area contributed by atoms with Crippen LogP contribution in [0.1, 0.15) is 88.1 Å². The van der Waals surface area contributed by atoms with Crippen molar-refractivity contribution >= 4 is 37.3 Å². The molecule has 3 aliphatic carbocycles. The molecule has 1 amide bonds. The van der Waals surface area contributed by atoms with Crippen molar-refractivity contribution in [3.63, 3.8) is 0 Å². The van der Waals surface area contributed by atoms with E-state index in [0.717, 1.165) is 36.9 Å². The SMILES string of the molecule is CC(C)(C)NS(=O)(=O)c1cccc(C(=O)N2CC3(CCC4(CC4)CC3)c3cc(NS(=O)(=O)C4CC4)ccc32)c1. The van der Waals surface area contributed by atoms with Gasteiger partial charge in [0, 0.05) is 34.4 Å². The number of carbonyl (C=O) groups is 1. The summed E-state index contributed by atoms with van der Waals surface area (Å²) in [5.74, 6) is -0.251. The standard InChI is InChI=1S/C29H37N3O5S2/c1-27(2,3)31-39(36,37)23-6-4-5-20(17-23)26(33)32-19-29(15-13-28(11-12-28)14-16-29)24-18-21(7-10-25(24)32)30-38(34,35)22-8-9-22/h4-7,10,17-18,22,30-31H,8-9,11-16,19H2,1-3H3. The Morgan fingerprint density at radius 2 is 1.59 bits per heavy atom. The first kappa shape index (κ1) is 26.8. The van der Waals surface area contributed by atoms with Crippen LogP contribution in [0.3, 0.4) is 0 Å². The molecule has 0 aromatic heterocycles. The van der Waals surface area contributed by atoms with Gasteiger partial charge in [-0.3, -0.25) is 9.52 Å². The van der Waals surface area contributed by atoms with Crippen LogP contribution in [-0.4, -0.2) is 40.1 Å². The third kappa shape index (κ3) is 5.11. The maximum absolute atomic E-state index is 14.0. The first-order valence-corrected chi connectivity index (χ1v) is 16.9. The Labute approximate surface area is 231 Å². The second-order valence-corrected chi connectivity index (χ2v) is 16.8. The summed E-state index contributed by atoms with van der Waals surface area (Å²) in [7, 11) is -7.21. The van der Waals surface area contributed by atoms with Gasteiger partial charge in [-0.1, -0.05) is 6.07 Å². The van der Waals surface area contributed by atoms with Crippen LogP contribution < -0.4 is 14.3 Å². The molecule has 3 fully saturated rings. The summed E-state index contributed by atoms with van der Waals surface area (Å²) in [4.78, 5) is 15.8. The molecule has 1 heterocycles. The lowest BCUT2D eigenvalue weighted by Crippen LogP contribution is -2.41. The largest absolute Gasteiger partial charge is 0.307 e. The molecule has 0 atom stereocenters. The molecule has 8 nitrogen and oxygen atoms in total. The first-order chi connectivity index (χ1) is 18.2. The zero-order valence-corrected chi connectivity index (χ0v) is 24.4. The van der Waals surface area contributed by atoms with Gasteiger partial charge in [0.25, 0.3) is 5.91 Å². The number of amides is 1. The Hall–Kier alpha value is -2.43. The Morgan fingerprint density at radius 1 is 0.923 bits per heavy atom. The normalized spacial score (nSPS) is 21.7. The van der Waals surface area contributed by atoms with Crippen LogP contribution in [-0.2, 0) is 25.5 Å². The van der Waals surface area contributed by atoms with E-state index in [-0.39, 0.29) is 21.5 Å². The number of hydrogen-bond donors (Lipinski definition) is 2. The fourth-order valence-electron chi connectivity index (χ4n) is 6.32. The van der Waals surface area contributed by atoms with Crippen molar-refractivity contribution in [3.8, 4) is 0 Å². The second kappa shape index (κ2) is 8.78. The molecular weight excluding hydrogens is 534 g/mol. The van der Waals surface area contributed by atoms with Crippen LogP contribution in [0.15, 0.2) is 47.4 Å². The van der Waals surface area contributed by atoms with E-state index in [2.05, 4.69) is 9.44 Å². The van der Waals surface area contributed by atoms with Crippen LogP contribution in [0, 0.1) is 5.41 Å². The highest BCUT2D eigenvalue weighted by Crippen LogP contribution is 2.62. The monoisotopic (exact) mass is 571 g/mol. The highest BCUT2D eigenvalue weighted by atomic mass is 32.2. The van der Waals surface area contributed by atoms with Crippen molar-refractivity contribution in [2.45, 2.75) is 93.2 Å². The average Bonchev–Trinajstić information content (AvgIpc) is 3.79. The third-order valence-corrected chi connectivity index (χ3v) is 12.5. The van der Waals surface area contributed by atoms with E-state index in [9.17, 15) is 21.6 Å². The van der Waals surface area contributed by atoms with Crippen LogP contribution in [0.25, 0.3) is 0 Å². The summed E-state index contributed by atoms with van der Waals surface area (Å²) in [6, 6.07) is 11.7. The first-order valence-electron chi connectivity index (χ1n) is 13.8. The summed E-state index contributed by atoms with van der Waals surface area (Å²) in [5.41, 5.74) is 2.21. The van der Waals surface area contributed by atoms with E-state index >= 15 is 0 Å². The molecule has 2 aromatic carbocycles. The van der Waals surface area contributed by atoms with Gasteiger partial charge in [0.15, 0.2) is 0 Å². The van der Waals surface area contributed by atoms with Gasteiger partial charge in [-0.15, -0.1) is 0 Å². The Morgan fingerprint density at radius 3 is 2.21 bits per heavy atom. The van der Waals surface area contributed by atoms with Crippen molar-refractivity contribution in [2.75, 3.05) is 16.2 Å². The molecule has 2 aromatic rings. The van der Waals surface area contributed by atoms with Crippen molar-refractivity contribution < 1.29 is 21.6 Å². The van der Waals surface area contributed by atoms with Crippen molar-refractivity contribution in [2.24, 2.45) is 5.41 Å². The Kier molecular flexibility index (Phi) is 6.03. The summed E-state index contributed by atoms with van der Waals surface area (Å²) in [6.45, 7) is 5.83. The fourth-order valence-corrected chi connectivity index (χ4v) is 9.16. The predicted molar refractivity (Wildman–Crippen MR) is 152 cm³/mol. The molecule has 3 saturated carbocycles. The van der Waals surface area contributed by atoms with Crippen molar-refractivity contribution in [3.05, 3.63) is 53.6 Å². The third-order valence-electron chi connectivity index (χ3n) is 8.84. The van der Waals surface area contributed by atoms with Gasteiger partial charge in [0.2, 0.25) is 20.0 Å². The Bertz CT molecular complexity index is 1540. The summed E-state index contributed by atoms with van der Waals surface area (Å²) in [6.07, 6.45) is 8.03. The number of hydrogen-bond acceptors (Lipinski definition) is 5. The minimum atomic E-state index is -3.80. The minimum Gasteiger partial charge on any atom is -0.307 e. The number of nitrogens with one attached hydrogen (secondary N) is 2. The number of benzene rings is 2. The maximum Gasteiger partial charge on any atom is 0.258 e. The molecule has 39 heavy (non-hydrogen) atoms. The molecule has 4 aliphatic rings. The predicted octanol–water partition coefficient (Wildman–Crippen LogP) is 4.92. The molecule has 0 bridgehead atoms. The molecule has 2 N–H and O–H groups in total. The van der Waals surface area contributed by atoms with E-state index in [1.165, 1.54) is 25.0 Å². The quantitative estimate of drug-likeness (QED) is 0.511. The highest BCUT2D eigenvalue weighted by molar-refractivity contribution is 7.93. The van der Waals surface area contributed by atoms with Crippen molar-refractivity contribution in [1.29, 1.82) is 0 Å². The van der Waals surface area contributed by atoms with E-state index in [0.29, 0.717) is 36.1 Å². The van der Waals surface area contributed by atoms with E-state index in [4.69, 9.17) is 0 Å². The van der Waals surface area contributed by atoms with E-state index < -0.39 is 25.6 Å². The molecule has 0 radical (unpaired) electrons. The lowest BCUT2D eigenvalue weighted by Gasteiger charge is -2.38. The molecule has 0 unspecified atom stereocenters. The van der Waals surface area contributed by atoms with E-state index in [1.54, 1.807) is 43.9 Å². The van der Waals surface area contributed by atoms with Gasteiger partial charge >= 0.3 is 0 Å². The Balaban J connectivity index is 1.34. The molecular formula is C29H37N3O5S2. The highest BCUT2D eigenvalue weighted by Gasteiger charge is 2.53. The lowest BCUT2D eigenvalue weighted by atomic mass is 9.66. The average molecular weight is 572 g/mol. The van der Waals surface area contributed by atoms with Gasteiger partial charge in [0.05, 0.1) is 10.1 Å². The van der Waals surface area contributed by atoms with Crippen LogP contribution in [0.2, 0.25) is 0 Å². The number of nitrogens with zero attached hydrogens (tertiary/aromatic N) is 1. The molecule has 210 valence electrons. The van der Waals surface area contributed by atoms with Crippen LogP contribution in [0.4, 0.5) is 11.4 Å². The zero-order chi connectivity index (χ0) is 27.8. The van der Waals surface area contributed by atoms with Gasteiger partial charge in [-0.05, 0) is 120 Å². The van der Waals surface area contributed by atoms with E-state index in [1.807, 2.05) is 12.1 Å². The lowest BCUT2D eigenvalue weighted by molar-refractivity contribution is 0.0980. The van der Waals surface area contributed by atoms with Gasteiger partial charge in [-0.2, -0.15) is 0 Å². The molecule has 6 rings (SSSR count). The minimum absolute atomic E-state index is 0.0515. The number of carbonyl (C=O) groups excluding carboxylic acids is 1. The summed E-state index contributed by atoms with van der Waals surface area (Å²) in [5, 5.41) is -0.321. The molecule has 0 saturated heterocycles. The van der Waals surface area contributed by atoms with Gasteiger partial charge < -0.3 is 4.90 Å². The molecule has 1 aliphatic heterocycles. The zero-order valence-electron chi connectivity index (χ0n) is 22.8. The number of rotatable bonds is 6. The summed E-state index contributed by atoms with van der Waals surface area (Å²) < 4.78 is 56.7. The van der Waals surface area contributed by atoms with Crippen LogP contribution >= 0.6 is 0 Å². The topological polar surface area (TPSA) is 113 Å². The summed E-state index contributed by atoms with van der Waals surface area (Å²) >= 11 is 0. The van der Waals surface area contributed by atoms with Gasteiger partial charge in [-0.25, -0.2) is 21.6 Å². The maximum atomic E-state index is 14.0. The number of anilines is 2. The number of sulfonamides is 2. The smallest absolute Gasteiger partial charge is 0.258 e. The molecule has 2 spiro atoms.